The highest BCUT2D eigenvalue weighted by Crippen LogP contribution is 2.12. The van der Waals surface area contributed by atoms with Gasteiger partial charge in [-0.25, -0.2) is 14.5 Å². The van der Waals surface area contributed by atoms with Gasteiger partial charge in [-0.05, 0) is 40.5 Å². The first kappa shape index (κ1) is 25.4. The van der Waals surface area contributed by atoms with Crippen LogP contribution in [0.25, 0.3) is 0 Å². The molecule has 0 saturated carbocycles. The molecule has 1 unspecified atom stereocenters. The number of amides is 1. The monoisotopic (exact) mass is 521 g/mol. The number of aryl methyl sites for hydroxylation is 1. The van der Waals surface area contributed by atoms with Gasteiger partial charge in [0.25, 0.3) is 0 Å². The van der Waals surface area contributed by atoms with Crippen LogP contribution in [0.15, 0.2) is 11.3 Å². The number of aliphatic imine (C=N–C) groups is 1. The number of carbonyl (C=O) groups is 1. The van der Waals surface area contributed by atoms with Crippen molar-refractivity contribution >= 4 is 36.0 Å². The summed E-state index contributed by atoms with van der Waals surface area (Å²) in [5.74, 6) is 1.80. The molecule has 166 valence electrons. The maximum atomic E-state index is 12.4. The fraction of sp³-hybridized carbons (Fsp3) is 0.789. The molecule has 2 heterocycles. The number of aromatic nitrogens is 3. The van der Waals surface area contributed by atoms with Crippen LogP contribution in [0.5, 0.6) is 0 Å². The minimum Gasteiger partial charge on any atom is -0.444 e. The van der Waals surface area contributed by atoms with Gasteiger partial charge >= 0.3 is 6.09 Å². The third-order valence-corrected chi connectivity index (χ3v) is 4.28. The third-order valence-electron chi connectivity index (χ3n) is 4.28. The zero-order chi connectivity index (χ0) is 20.6. The van der Waals surface area contributed by atoms with Gasteiger partial charge in [0.15, 0.2) is 5.96 Å². The number of carbonyl (C=O) groups excluding carboxylic acids is 1. The Morgan fingerprint density at radius 1 is 1.38 bits per heavy atom. The molecule has 0 bridgehead atoms. The van der Waals surface area contributed by atoms with Crippen molar-refractivity contribution in [1.82, 2.24) is 30.3 Å². The second-order valence-corrected chi connectivity index (χ2v) is 7.97. The largest absolute Gasteiger partial charge is 0.444 e. The van der Waals surface area contributed by atoms with Crippen molar-refractivity contribution in [3.63, 3.8) is 0 Å². The lowest BCUT2D eigenvalue weighted by Crippen LogP contribution is -2.47. The van der Waals surface area contributed by atoms with E-state index >= 15 is 0 Å². The first-order valence-electron chi connectivity index (χ1n) is 10.2. The second-order valence-electron chi connectivity index (χ2n) is 7.97. The van der Waals surface area contributed by atoms with Crippen LogP contribution in [-0.2, 0) is 17.7 Å². The smallest absolute Gasteiger partial charge is 0.410 e. The van der Waals surface area contributed by atoms with Gasteiger partial charge in [0.2, 0.25) is 0 Å². The number of hydrogen-bond acceptors (Lipinski definition) is 5. The molecule has 29 heavy (non-hydrogen) atoms. The van der Waals surface area contributed by atoms with Crippen molar-refractivity contribution in [2.45, 2.75) is 72.1 Å². The Hall–Kier alpha value is -1.59. The molecule has 1 aliphatic rings. The van der Waals surface area contributed by atoms with Gasteiger partial charge in [0.05, 0.1) is 13.1 Å². The van der Waals surface area contributed by atoms with Crippen LogP contribution in [0.1, 0.15) is 53.3 Å². The Labute approximate surface area is 191 Å². The molecule has 0 fully saturated rings. The van der Waals surface area contributed by atoms with Gasteiger partial charge < -0.3 is 20.3 Å². The minimum atomic E-state index is -0.496. The number of fused-ring (bicyclic) bond motifs is 1. The first-order valence-corrected chi connectivity index (χ1v) is 10.2. The molecular weight excluding hydrogens is 485 g/mol. The number of nitrogens with zero attached hydrogens (tertiary/aromatic N) is 5. The van der Waals surface area contributed by atoms with E-state index in [9.17, 15) is 4.79 Å². The molecule has 1 aliphatic heterocycles. The first-order chi connectivity index (χ1) is 13.3. The standard InChI is InChI=1S/C19H35N7O2.HI/c1-6-11-25(18(27)28-19(3,4)5)12-10-21-17(20-7-2)24-15-8-9-16-22-14-23-26(16)13-15;/h14-15H,6-13H2,1-5H3,(H2,20,21,24);1H. The van der Waals surface area contributed by atoms with Crippen molar-refractivity contribution in [2.24, 2.45) is 4.99 Å². The highest BCUT2D eigenvalue weighted by molar-refractivity contribution is 14.0. The topological polar surface area (TPSA) is 96.7 Å². The Bertz CT molecular complexity index is 657. The summed E-state index contributed by atoms with van der Waals surface area (Å²) in [6.45, 7) is 13.0. The van der Waals surface area contributed by atoms with Gasteiger partial charge in [-0.15, -0.1) is 24.0 Å². The summed E-state index contributed by atoms with van der Waals surface area (Å²) < 4.78 is 7.44. The van der Waals surface area contributed by atoms with Gasteiger partial charge in [0.1, 0.15) is 17.8 Å². The highest BCUT2D eigenvalue weighted by atomic mass is 127. The van der Waals surface area contributed by atoms with Crippen molar-refractivity contribution < 1.29 is 9.53 Å². The summed E-state index contributed by atoms with van der Waals surface area (Å²) in [7, 11) is 0. The van der Waals surface area contributed by atoms with Crippen LogP contribution in [0.3, 0.4) is 0 Å². The fourth-order valence-electron chi connectivity index (χ4n) is 3.04. The SMILES string of the molecule is CCCN(CCN=C(NCC)NC1CCc2ncnn2C1)C(=O)OC(C)(C)C.I. The van der Waals surface area contributed by atoms with Crippen LogP contribution in [-0.4, -0.2) is 69.5 Å². The lowest BCUT2D eigenvalue weighted by atomic mass is 10.1. The molecule has 1 aromatic heterocycles. The molecule has 2 rings (SSSR count). The van der Waals surface area contributed by atoms with Crippen molar-refractivity contribution in [3.8, 4) is 0 Å². The normalized spacial score (nSPS) is 16.4. The predicted octanol–water partition coefficient (Wildman–Crippen LogP) is 2.41. The van der Waals surface area contributed by atoms with Gasteiger partial charge in [-0.1, -0.05) is 6.92 Å². The summed E-state index contributed by atoms with van der Waals surface area (Å²) in [4.78, 5) is 23.0. The van der Waals surface area contributed by atoms with Crippen LogP contribution in [0, 0.1) is 0 Å². The zero-order valence-electron chi connectivity index (χ0n) is 18.3. The summed E-state index contributed by atoms with van der Waals surface area (Å²) in [5.41, 5.74) is -0.496. The summed E-state index contributed by atoms with van der Waals surface area (Å²) in [5, 5.41) is 11.0. The second kappa shape index (κ2) is 12.2. The molecule has 1 amide bonds. The highest BCUT2D eigenvalue weighted by Gasteiger charge is 2.22. The summed E-state index contributed by atoms with van der Waals surface area (Å²) in [6, 6.07) is 0.254. The quantitative estimate of drug-likeness (QED) is 0.325. The van der Waals surface area contributed by atoms with Crippen LogP contribution >= 0.6 is 24.0 Å². The maximum Gasteiger partial charge on any atom is 0.410 e. The molecule has 10 heteroatoms. The average Bonchev–Trinajstić information content (AvgIpc) is 3.07. The molecule has 0 saturated heterocycles. The molecule has 0 spiro atoms. The van der Waals surface area contributed by atoms with Crippen molar-refractivity contribution in [3.05, 3.63) is 12.2 Å². The van der Waals surface area contributed by atoms with E-state index in [1.807, 2.05) is 39.3 Å². The molecular formula is C19H36IN7O2. The number of guanidine groups is 1. The summed E-state index contributed by atoms with van der Waals surface area (Å²) in [6.07, 6.45) is 4.09. The summed E-state index contributed by atoms with van der Waals surface area (Å²) >= 11 is 0. The van der Waals surface area contributed by atoms with Crippen LogP contribution < -0.4 is 10.6 Å². The van der Waals surface area contributed by atoms with E-state index < -0.39 is 5.60 Å². The lowest BCUT2D eigenvalue weighted by Gasteiger charge is -2.27. The van der Waals surface area contributed by atoms with Crippen molar-refractivity contribution in [2.75, 3.05) is 26.2 Å². The van der Waals surface area contributed by atoms with E-state index in [2.05, 4.69) is 25.7 Å². The Kier molecular flexibility index (Phi) is 10.7. The minimum absolute atomic E-state index is 0. The zero-order valence-corrected chi connectivity index (χ0v) is 20.6. The maximum absolute atomic E-state index is 12.4. The van der Waals surface area contributed by atoms with Gasteiger partial charge in [0, 0.05) is 32.1 Å². The predicted molar refractivity (Wildman–Crippen MR) is 125 cm³/mol. The van der Waals surface area contributed by atoms with Crippen molar-refractivity contribution in [1.29, 1.82) is 0 Å². The number of nitrogens with one attached hydrogen (secondary N) is 2. The Morgan fingerprint density at radius 3 is 2.79 bits per heavy atom. The van der Waals surface area contributed by atoms with Crippen LogP contribution in [0.4, 0.5) is 4.79 Å². The number of ether oxygens (including phenoxy) is 1. The van der Waals surface area contributed by atoms with E-state index in [4.69, 9.17) is 4.74 Å². The molecule has 0 aromatic carbocycles. The number of halogens is 1. The Balaban J connectivity index is 0.00000420. The Morgan fingerprint density at radius 2 is 2.14 bits per heavy atom. The van der Waals surface area contributed by atoms with Crippen LogP contribution in [0.2, 0.25) is 0 Å². The van der Waals surface area contributed by atoms with E-state index in [1.165, 1.54) is 0 Å². The molecule has 0 aliphatic carbocycles. The van der Waals surface area contributed by atoms with E-state index in [1.54, 1.807) is 11.2 Å². The number of rotatable bonds is 7. The van der Waals surface area contributed by atoms with E-state index in [-0.39, 0.29) is 36.1 Å². The fourth-order valence-corrected chi connectivity index (χ4v) is 3.04. The molecule has 1 aromatic rings. The number of hydrogen-bond donors (Lipinski definition) is 2. The molecule has 0 radical (unpaired) electrons. The average molecular weight is 521 g/mol. The third kappa shape index (κ3) is 8.75. The van der Waals surface area contributed by atoms with Gasteiger partial charge in [-0.2, -0.15) is 5.10 Å². The van der Waals surface area contributed by atoms with Gasteiger partial charge in [-0.3, -0.25) is 4.99 Å². The molecule has 1 atom stereocenters. The van der Waals surface area contributed by atoms with E-state index in [0.29, 0.717) is 19.6 Å². The molecule has 9 nitrogen and oxygen atoms in total. The van der Waals surface area contributed by atoms with E-state index in [0.717, 1.165) is 44.1 Å². The molecule has 2 N–H and O–H groups in total. The lowest BCUT2D eigenvalue weighted by molar-refractivity contribution is 0.0256.